The molecule has 35 heavy (non-hydrogen) atoms. The third kappa shape index (κ3) is 4.61. The summed E-state index contributed by atoms with van der Waals surface area (Å²) in [5.74, 6) is -0.562. The molecule has 3 heterocycles. The van der Waals surface area contributed by atoms with Crippen molar-refractivity contribution in [2.24, 2.45) is 0 Å². The number of H-pyrrole nitrogens is 1. The number of fused-ring (bicyclic) bond motifs is 2. The van der Waals surface area contributed by atoms with Crippen LogP contribution in [0.15, 0.2) is 59.5 Å². The van der Waals surface area contributed by atoms with Crippen molar-refractivity contribution in [1.29, 1.82) is 0 Å². The van der Waals surface area contributed by atoms with Crippen molar-refractivity contribution in [1.82, 2.24) is 15.3 Å². The molecular weight excluding hydrogens is 447 g/mol. The van der Waals surface area contributed by atoms with E-state index in [1.165, 1.54) is 6.07 Å². The van der Waals surface area contributed by atoms with Crippen LogP contribution in [0.3, 0.4) is 0 Å². The second-order valence-corrected chi connectivity index (χ2v) is 9.42. The number of nitrogens with zero attached hydrogens (tertiary/aromatic N) is 1. The highest BCUT2D eigenvalue weighted by Crippen LogP contribution is 2.24. The van der Waals surface area contributed by atoms with Crippen molar-refractivity contribution < 1.29 is 13.9 Å². The van der Waals surface area contributed by atoms with Gasteiger partial charge in [-0.25, -0.2) is 9.37 Å². The number of aromatic nitrogens is 2. The van der Waals surface area contributed by atoms with Crippen LogP contribution in [0.1, 0.15) is 42.6 Å². The molecule has 2 aromatic carbocycles. The topological polar surface area (TPSA) is 96.1 Å². The van der Waals surface area contributed by atoms with E-state index in [1.54, 1.807) is 24.4 Å². The van der Waals surface area contributed by atoms with E-state index in [4.69, 9.17) is 4.74 Å². The van der Waals surface area contributed by atoms with E-state index in [0.29, 0.717) is 22.5 Å². The van der Waals surface area contributed by atoms with Crippen molar-refractivity contribution >= 4 is 33.5 Å². The van der Waals surface area contributed by atoms with Crippen LogP contribution in [0.2, 0.25) is 0 Å². The van der Waals surface area contributed by atoms with Crippen molar-refractivity contribution in [3.63, 3.8) is 0 Å². The monoisotopic (exact) mass is 474 g/mol. The molecule has 1 saturated heterocycles. The smallest absolute Gasteiger partial charge is 0.255 e. The lowest BCUT2D eigenvalue weighted by molar-refractivity contribution is 0.0903. The van der Waals surface area contributed by atoms with Gasteiger partial charge in [0.25, 0.3) is 5.91 Å². The fourth-order valence-electron chi connectivity index (χ4n) is 4.44. The van der Waals surface area contributed by atoms with Gasteiger partial charge >= 0.3 is 0 Å². The number of hydrogen-bond donors (Lipinski definition) is 3. The summed E-state index contributed by atoms with van der Waals surface area (Å²) in [6, 6.07) is 13.6. The van der Waals surface area contributed by atoms with Crippen molar-refractivity contribution in [3.8, 4) is 0 Å². The van der Waals surface area contributed by atoms with Gasteiger partial charge in [-0.05, 0) is 62.6 Å². The van der Waals surface area contributed by atoms with Gasteiger partial charge in [0.2, 0.25) is 0 Å². The summed E-state index contributed by atoms with van der Waals surface area (Å²) < 4.78 is 20.3. The Labute approximate surface area is 201 Å². The number of carbonyl (C=O) groups is 1. The maximum atomic E-state index is 15.0. The zero-order chi connectivity index (χ0) is 24.6. The maximum Gasteiger partial charge on any atom is 0.255 e. The molecule has 1 amide bonds. The van der Waals surface area contributed by atoms with Crippen LogP contribution in [-0.4, -0.2) is 35.1 Å². The lowest BCUT2D eigenvalue weighted by Crippen LogP contribution is -2.41. The standard InChI is InChI=1S/C27H27FN4O3/c1-27(2,16-7-8-24(29-15-16)30-17-9-11-35-12-10-17)32-26(34)19-14-23-20(13-21(19)28)25(33)18-5-3-4-6-22(18)31-23/h3-8,13-15,17H,9-12H2,1-2H3,(H,29,30)(H,31,33)(H,32,34). The number of hydrogen-bond acceptors (Lipinski definition) is 5. The molecule has 0 bridgehead atoms. The number of benzene rings is 2. The number of rotatable bonds is 5. The van der Waals surface area contributed by atoms with Gasteiger partial charge in [-0.3, -0.25) is 9.59 Å². The van der Waals surface area contributed by atoms with Gasteiger partial charge in [-0.15, -0.1) is 0 Å². The minimum Gasteiger partial charge on any atom is -0.381 e. The molecule has 0 aliphatic carbocycles. The summed E-state index contributed by atoms with van der Waals surface area (Å²) in [6.45, 7) is 5.15. The fraction of sp³-hybridized carbons (Fsp3) is 0.296. The molecule has 1 aliphatic rings. The van der Waals surface area contributed by atoms with Gasteiger partial charge in [0, 0.05) is 41.7 Å². The van der Waals surface area contributed by atoms with E-state index in [0.717, 1.165) is 43.5 Å². The first kappa shape index (κ1) is 23.0. The zero-order valence-electron chi connectivity index (χ0n) is 19.7. The molecule has 1 fully saturated rings. The molecule has 3 N–H and O–H groups in total. The largest absolute Gasteiger partial charge is 0.381 e. The Morgan fingerprint density at radius 1 is 1.09 bits per heavy atom. The minimum atomic E-state index is -0.806. The van der Waals surface area contributed by atoms with Gasteiger partial charge in [0.15, 0.2) is 5.43 Å². The Kier molecular flexibility index (Phi) is 5.98. The van der Waals surface area contributed by atoms with Crippen LogP contribution in [0, 0.1) is 5.82 Å². The molecule has 4 aromatic rings. The normalized spacial score (nSPS) is 14.8. The highest BCUT2D eigenvalue weighted by molar-refractivity contribution is 6.00. The highest BCUT2D eigenvalue weighted by Gasteiger charge is 2.26. The molecule has 7 nitrogen and oxygen atoms in total. The average Bonchev–Trinajstić information content (AvgIpc) is 2.85. The number of pyridine rings is 2. The molecule has 5 rings (SSSR count). The quantitative estimate of drug-likeness (QED) is 0.371. The van der Waals surface area contributed by atoms with Crippen LogP contribution in [-0.2, 0) is 10.3 Å². The van der Waals surface area contributed by atoms with Crippen molar-refractivity contribution in [3.05, 3.63) is 81.9 Å². The van der Waals surface area contributed by atoms with E-state index in [1.807, 2.05) is 32.0 Å². The molecule has 0 spiro atoms. The number of aromatic amines is 1. The fourth-order valence-corrected chi connectivity index (χ4v) is 4.44. The molecule has 0 unspecified atom stereocenters. The summed E-state index contributed by atoms with van der Waals surface area (Å²) in [4.78, 5) is 33.5. The predicted octanol–water partition coefficient (Wildman–Crippen LogP) is 4.47. The Balaban J connectivity index is 1.38. The van der Waals surface area contributed by atoms with Gasteiger partial charge in [-0.1, -0.05) is 18.2 Å². The first-order valence-corrected chi connectivity index (χ1v) is 11.7. The number of para-hydroxylation sites is 1. The summed E-state index contributed by atoms with van der Waals surface area (Å²) >= 11 is 0. The van der Waals surface area contributed by atoms with E-state index >= 15 is 0 Å². The number of halogens is 1. The van der Waals surface area contributed by atoms with E-state index < -0.39 is 17.3 Å². The Morgan fingerprint density at radius 2 is 1.86 bits per heavy atom. The predicted molar refractivity (Wildman–Crippen MR) is 134 cm³/mol. The number of amides is 1. The number of anilines is 1. The first-order valence-electron chi connectivity index (χ1n) is 11.7. The minimum absolute atomic E-state index is 0.137. The molecule has 1 aliphatic heterocycles. The van der Waals surface area contributed by atoms with Crippen molar-refractivity contribution in [2.45, 2.75) is 38.3 Å². The molecule has 2 aromatic heterocycles. The van der Waals surface area contributed by atoms with Gasteiger partial charge in [-0.2, -0.15) is 0 Å². The van der Waals surface area contributed by atoms with E-state index in [2.05, 4.69) is 20.6 Å². The van der Waals surface area contributed by atoms with Crippen LogP contribution in [0.25, 0.3) is 21.8 Å². The second kappa shape index (κ2) is 9.11. The third-order valence-corrected chi connectivity index (χ3v) is 6.52. The molecule has 0 atom stereocenters. The van der Waals surface area contributed by atoms with E-state index in [-0.39, 0.29) is 16.4 Å². The summed E-state index contributed by atoms with van der Waals surface area (Å²) in [6.07, 6.45) is 3.58. The van der Waals surface area contributed by atoms with E-state index in [9.17, 15) is 14.0 Å². The van der Waals surface area contributed by atoms with Crippen LogP contribution < -0.4 is 16.1 Å². The molecule has 8 heteroatoms. The Bertz CT molecular complexity index is 1460. The molecular formula is C27H27FN4O3. The SMILES string of the molecule is CC(C)(NC(=O)c1cc2[nH]c3ccccc3c(=O)c2cc1F)c1ccc(NC2CCOCC2)nc1. The first-order chi connectivity index (χ1) is 16.8. The molecule has 0 radical (unpaired) electrons. The average molecular weight is 475 g/mol. The van der Waals surface area contributed by atoms with Crippen molar-refractivity contribution in [2.75, 3.05) is 18.5 Å². The van der Waals surface area contributed by atoms with Gasteiger partial charge in [0.1, 0.15) is 11.6 Å². The number of nitrogens with one attached hydrogen (secondary N) is 3. The molecule has 0 saturated carbocycles. The highest BCUT2D eigenvalue weighted by atomic mass is 19.1. The summed E-state index contributed by atoms with van der Waals surface area (Å²) in [7, 11) is 0. The van der Waals surface area contributed by atoms with Crippen LogP contribution in [0.5, 0.6) is 0 Å². The van der Waals surface area contributed by atoms with Crippen LogP contribution in [0.4, 0.5) is 10.2 Å². The Morgan fingerprint density at radius 3 is 2.60 bits per heavy atom. The summed E-state index contributed by atoms with van der Waals surface area (Å²) in [5.41, 5.74) is 0.596. The van der Waals surface area contributed by atoms with Gasteiger partial charge in [0.05, 0.1) is 16.6 Å². The zero-order valence-corrected chi connectivity index (χ0v) is 19.7. The third-order valence-electron chi connectivity index (χ3n) is 6.52. The summed E-state index contributed by atoms with van der Waals surface area (Å²) in [5, 5.41) is 6.98. The lowest BCUT2D eigenvalue weighted by Gasteiger charge is -2.27. The van der Waals surface area contributed by atoms with Gasteiger partial charge < -0.3 is 20.4 Å². The number of ether oxygens (including phenoxy) is 1. The number of carbonyl (C=O) groups excluding carboxylic acids is 1. The maximum absolute atomic E-state index is 15.0. The Hall–Kier alpha value is -3.78. The lowest BCUT2D eigenvalue weighted by atomic mass is 9.95. The molecule has 180 valence electrons. The van der Waals surface area contributed by atoms with Crippen LogP contribution >= 0.6 is 0 Å². The second-order valence-electron chi connectivity index (χ2n) is 9.42.